The second kappa shape index (κ2) is 7.44. The Morgan fingerprint density at radius 3 is 2.43 bits per heavy atom. The van der Waals surface area contributed by atoms with Gasteiger partial charge in [0.1, 0.15) is 0 Å². The Balaban J connectivity index is 2.66. The van der Waals surface area contributed by atoms with Gasteiger partial charge in [0.05, 0.1) is 19.3 Å². The number of hydrogen-bond donors (Lipinski definition) is 2. The number of nitrogens with one attached hydrogen (secondary N) is 1. The highest BCUT2D eigenvalue weighted by Crippen LogP contribution is 2.13. The van der Waals surface area contributed by atoms with Crippen LogP contribution in [0.2, 0.25) is 0 Å². The van der Waals surface area contributed by atoms with Crippen LogP contribution in [0, 0.1) is 0 Å². The second-order valence-electron chi connectivity index (χ2n) is 4.04. The monoisotopic (exact) mass is 313 g/mol. The molecule has 0 aliphatic carbocycles. The summed E-state index contributed by atoms with van der Waals surface area (Å²) in [5, 5.41) is 8.49. The molecule has 7 nitrogen and oxygen atoms in total. The van der Waals surface area contributed by atoms with Crippen LogP contribution >= 0.6 is 0 Å². The molecule has 1 aromatic rings. The number of ether oxygens (including phenoxy) is 1. The van der Waals surface area contributed by atoms with Crippen molar-refractivity contribution < 1.29 is 27.9 Å². The number of benzene rings is 1. The normalized spacial score (nSPS) is 11.3. The van der Waals surface area contributed by atoms with Crippen LogP contribution < -0.4 is 4.72 Å². The zero-order chi connectivity index (χ0) is 15.9. The molecule has 0 fully saturated rings. The van der Waals surface area contributed by atoms with Crippen LogP contribution in [0.5, 0.6) is 0 Å². The molecule has 0 saturated carbocycles. The van der Waals surface area contributed by atoms with E-state index in [0.717, 1.165) is 6.08 Å². The second-order valence-corrected chi connectivity index (χ2v) is 5.88. The van der Waals surface area contributed by atoms with Crippen molar-refractivity contribution in [3.8, 4) is 0 Å². The zero-order valence-electron chi connectivity index (χ0n) is 11.3. The van der Waals surface area contributed by atoms with E-state index in [2.05, 4.69) is 9.46 Å². The maximum Gasteiger partial charge on any atom is 0.328 e. The molecule has 0 atom stereocenters. The number of rotatable bonds is 7. The SMILES string of the molecule is COC(=O)CCS(=O)(=O)Nc1ccc(/C=C/C(=O)O)cc1. The first-order chi connectivity index (χ1) is 9.82. The number of carbonyl (C=O) groups is 2. The number of sulfonamides is 1. The van der Waals surface area contributed by atoms with Crippen molar-refractivity contribution in [3.63, 3.8) is 0 Å². The van der Waals surface area contributed by atoms with E-state index in [1.165, 1.54) is 25.3 Å². The van der Waals surface area contributed by atoms with Gasteiger partial charge in [-0.25, -0.2) is 13.2 Å². The van der Waals surface area contributed by atoms with E-state index in [-0.39, 0.29) is 12.2 Å². The molecule has 21 heavy (non-hydrogen) atoms. The number of carboxylic acid groups (broad SMARTS) is 1. The number of methoxy groups -OCH3 is 1. The van der Waals surface area contributed by atoms with E-state index in [4.69, 9.17) is 5.11 Å². The van der Waals surface area contributed by atoms with Crippen LogP contribution in [0.3, 0.4) is 0 Å². The average Bonchev–Trinajstić information content (AvgIpc) is 2.43. The Hall–Kier alpha value is -2.35. The predicted molar refractivity (Wildman–Crippen MR) is 77.2 cm³/mol. The third-order valence-corrected chi connectivity index (χ3v) is 3.69. The molecule has 0 aliphatic rings. The first kappa shape index (κ1) is 16.7. The summed E-state index contributed by atoms with van der Waals surface area (Å²) >= 11 is 0. The molecule has 0 saturated heterocycles. The van der Waals surface area contributed by atoms with Gasteiger partial charge in [0.15, 0.2) is 0 Å². The van der Waals surface area contributed by atoms with E-state index in [0.29, 0.717) is 11.3 Å². The van der Waals surface area contributed by atoms with E-state index in [9.17, 15) is 18.0 Å². The molecule has 0 aliphatic heterocycles. The van der Waals surface area contributed by atoms with Gasteiger partial charge in [0, 0.05) is 11.8 Å². The lowest BCUT2D eigenvalue weighted by Crippen LogP contribution is -2.19. The summed E-state index contributed by atoms with van der Waals surface area (Å²) in [6.07, 6.45) is 2.14. The first-order valence-electron chi connectivity index (χ1n) is 5.91. The average molecular weight is 313 g/mol. The summed E-state index contributed by atoms with van der Waals surface area (Å²) in [5.74, 6) is -2.04. The van der Waals surface area contributed by atoms with Gasteiger partial charge in [-0.2, -0.15) is 0 Å². The highest BCUT2D eigenvalue weighted by atomic mass is 32.2. The van der Waals surface area contributed by atoms with Gasteiger partial charge in [-0.1, -0.05) is 12.1 Å². The number of aliphatic carboxylic acids is 1. The minimum Gasteiger partial charge on any atom is -0.478 e. The van der Waals surface area contributed by atoms with E-state index in [1.807, 2.05) is 0 Å². The summed E-state index contributed by atoms with van der Waals surface area (Å²) in [6, 6.07) is 6.13. The van der Waals surface area contributed by atoms with E-state index < -0.39 is 22.0 Å². The van der Waals surface area contributed by atoms with Gasteiger partial charge < -0.3 is 9.84 Å². The van der Waals surface area contributed by atoms with Gasteiger partial charge in [0.25, 0.3) is 0 Å². The minimum absolute atomic E-state index is 0.231. The number of carbonyl (C=O) groups excluding carboxylic acids is 1. The van der Waals surface area contributed by atoms with Crippen molar-refractivity contribution in [1.29, 1.82) is 0 Å². The molecule has 0 heterocycles. The first-order valence-corrected chi connectivity index (χ1v) is 7.56. The molecule has 8 heteroatoms. The Kier molecular flexibility index (Phi) is 5.92. The van der Waals surface area contributed by atoms with Crippen molar-refractivity contribution in [2.24, 2.45) is 0 Å². The molecule has 1 aromatic carbocycles. The molecule has 0 bridgehead atoms. The molecule has 0 amide bonds. The summed E-state index contributed by atoms with van der Waals surface area (Å²) < 4.78 is 30.1. The van der Waals surface area contributed by atoms with Gasteiger partial charge in [-0.05, 0) is 23.8 Å². The summed E-state index contributed by atoms with van der Waals surface area (Å²) in [4.78, 5) is 21.3. The molecule has 0 unspecified atom stereocenters. The van der Waals surface area contributed by atoms with Crippen molar-refractivity contribution in [1.82, 2.24) is 0 Å². The molecule has 114 valence electrons. The van der Waals surface area contributed by atoms with Crippen molar-refractivity contribution in [2.45, 2.75) is 6.42 Å². The van der Waals surface area contributed by atoms with Crippen LogP contribution in [0.15, 0.2) is 30.3 Å². The van der Waals surface area contributed by atoms with Gasteiger partial charge >= 0.3 is 11.9 Å². The Bertz CT molecular complexity index is 633. The van der Waals surface area contributed by atoms with Crippen LogP contribution in [-0.4, -0.2) is 38.3 Å². The maximum atomic E-state index is 11.7. The predicted octanol–water partition coefficient (Wildman–Crippen LogP) is 1.09. The van der Waals surface area contributed by atoms with Crippen molar-refractivity contribution >= 4 is 33.7 Å². The largest absolute Gasteiger partial charge is 0.478 e. The molecule has 0 radical (unpaired) electrons. The standard InChI is InChI=1S/C13H15NO6S/c1-20-13(17)8-9-21(18,19)14-11-5-2-10(3-6-11)4-7-12(15)16/h2-7,14H,8-9H2,1H3,(H,15,16)/b7-4+. The Morgan fingerprint density at radius 2 is 1.90 bits per heavy atom. The van der Waals surface area contributed by atoms with Crippen LogP contribution in [0.1, 0.15) is 12.0 Å². The maximum absolute atomic E-state index is 11.7. The lowest BCUT2D eigenvalue weighted by molar-refractivity contribution is -0.140. The number of hydrogen-bond acceptors (Lipinski definition) is 5. The highest BCUT2D eigenvalue weighted by Gasteiger charge is 2.13. The third kappa shape index (κ3) is 6.57. The molecule has 0 spiro atoms. The van der Waals surface area contributed by atoms with Gasteiger partial charge in [0.2, 0.25) is 10.0 Å². The fourth-order valence-electron chi connectivity index (χ4n) is 1.38. The van der Waals surface area contributed by atoms with E-state index >= 15 is 0 Å². The van der Waals surface area contributed by atoms with Crippen molar-refractivity contribution in [3.05, 3.63) is 35.9 Å². The zero-order valence-corrected chi connectivity index (χ0v) is 12.1. The molecule has 0 aromatic heterocycles. The van der Waals surface area contributed by atoms with Crippen molar-refractivity contribution in [2.75, 3.05) is 17.6 Å². The molecule has 1 rings (SSSR count). The van der Waals surface area contributed by atoms with Crippen LogP contribution in [0.4, 0.5) is 5.69 Å². The molecule has 2 N–H and O–H groups in total. The Morgan fingerprint density at radius 1 is 1.29 bits per heavy atom. The molecular formula is C13H15NO6S. The smallest absolute Gasteiger partial charge is 0.328 e. The van der Waals surface area contributed by atoms with Gasteiger partial charge in [-0.15, -0.1) is 0 Å². The van der Waals surface area contributed by atoms with Gasteiger partial charge in [-0.3, -0.25) is 9.52 Å². The lowest BCUT2D eigenvalue weighted by Gasteiger charge is -2.07. The number of carboxylic acids is 1. The molecular weight excluding hydrogens is 298 g/mol. The Labute approximate surface area is 122 Å². The van der Waals surface area contributed by atoms with E-state index in [1.54, 1.807) is 12.1 Å². The fourth-order valence-corrected chi connectivity index (χ4v) is 2.41. The highest BCUT2D eigenvalue weighted by molar-refractivity contribution is 7.92. The lowest BCUT2D eigenvalue weighted by atomic mass is 10.2. The van der Waals surface area contributed by atoms with Crippen LogP contribution in [-0.2, 0) is 24.3 Å². The summed E-state index contributed by atoms with van der Waals surface area (Å²) in [7, 11) is -2.46. The fraction of sp³-hybridized carbons (Fsp3) is 0.231. The minimum atomic E-state index is -3.64. The summed E-state index contributed by atoms with van der Waals surface area (Å²) in [5.41, 5.74) is 0.947. The number of esters is 1. The topological polar surface area (TPSA) is 110 Å². The quantitative estimate of drug-likeness (QED) is 0.576. The third-order valence-electron chi connectivity index (χ3n) is 2.40. The number of anilines is 1. The van der Waals surface area contributed by atoms with Crippen LogP contribution in [0.25, 0.3) is 6.08 Å². The summed E-state index contributed by atoms with van der Waals surface area (Å²) in [6.45, 7) is 0.